The summed E-state index contributed by atoms with van der Waals surface area (Å²) in [6, 6.07) is 20.9. The van der Waals surface area contributed by atoms with E-state index in [1.54, 1.807) is 48.5 Å². The summed E-state index contributed by atoms with van der Waals surface area (Å²) in [5, 5.41) is 11.4. The molecule has 3 aromatic carbocycles. The van der Waals surface area contributed by atoms with E-state index in [4.69, 9.17) is 9.47 Å². The lowest BCUT2D eigenvalue weighted by molar-refractivity contribution is -0.132. The molecule has 0 radical (unpaired) electrons. The van der Waals surface area contributed by atoms with Crippen LogP contribution in [0.2, 0.25) is 0 Å². The summed E-state index contributed by atoms with van der Waals surface area (Å²) in [7, 11) is 0. The third kappa shape index (κ3) is 5.53. The molecule has 1 fully saturated rings. The molecule has 3 aromatic rings. The van der Waals surface area contributed by atoms with Crippen molar-refractivity contribution in [2.45, 2.75) is 40.2 Å². The molecule has 1 N–H and O–H groups in total. The van der Waals surface area contributed by atoms with Gasteiger partial charge in [0, 0.05) is 11.3 Å². The third-order valence-electron chi connectivity index (χ3n) is 6.21. The highest BCUT2D eigenvalue weighted by Gasteiger charge is 2.47. The normalized spacial score (nSPS) is 16.9. The first-order valence-electron chi connectivity index (χ1n) is 12.6. The maximum Gasteiger partial charge on any atom is 0.300 e. The quantitative estimate of drug-likeness (QED) is 0.208. The Hall–Kier alpha value is -4.06. The van der Waals surface area contributed by atoms with Crippen LogP contribution in [0.25, 0.3) is 5.76 Å². The van der Waals surface area contributed by atoms with Crippen LogP contribution >= 0.6 is 0 Å². The zero-order chi connectivity index (χ0) is 26.5. The number of ketones is 1. The number of nitrogens with zero attached hydrogens (tertiary/aromatic N) is 1. The van der Waals surface area contributed by atoms with Gasteiger partial charge in [-0.05, 0) is 66.8 Å². The zero-order valence-corrected chi connectivity index (χ0v) is 21.7. The smallest absolute Gasteiger partial charge is 0.300 e. The highest BCUT2D eigenvalue weighted by Crippen LogP contribution is 2.43. The number of ether oxygens (including phenoxy) is 2. The Morgan fingerprint density at radius 2 is 1.68 bits per heavy atom. The second-order valence-electron chi connectivity index (χ2n) is 9.60. The van der Waals surface area contributed by atoms with E-state index in [0.717, 1.165) is 17.5 Å². The van der Waals surface area contributed by atoms with E-state index in [1.807, 2.05) is 38.1 Å². The van der Waals surface area contributed by atoms with Crippen LogP contribution in [-0.2, 0) is 9.59 Å². The van der Waals surface area contributed by atoms with Crippen molar-refractivity contribution in [3.05, 3.63) is 95.1 Å². The van der Waals surface area contributed by atoms with Crippen LogP contribution in [0.5, 0.6) is 11.5 Å². The SMILES string of the molecule is CCCOc1cccc(/C(O)=C2\C(=O)C(=O)N(c3ccc(OCC(C)C)cc3)C2c2ccccc2C)c1. The van der Waals surface area contributed by atoms with Crippen LogP contribution in [-0.4, -0.2) is 30.0 Å². The maximum absolute atomic E-state index is 13.4. The van der Waals surface area contributed by atoms with Gasteiger partial charge in [0.2, 0.25) is 0 Å². The highest BCUT2D eigenvalue weighted by molar-refractivity contribution is 6.51. The zero-order valence-electron chi connectivity index (χ0n) is 21.7. The highest BCUT2D eigenvalue weighted by atomic mass is 16.5. The number of Topliss-reactive ketones (excluding diaryl/α,β-unsaturated/α-hetero) is 1. The van der Waals surface area contributed by atoms with Crippen molar-refractivity contribution >= 4 is 23.1 Å². The van der Waals surface area contributed by atoms with Crippen LogP contribution in [0.1, 0.15) is 49.9 Å². The number of rotatable bonds is 9. The molecular weight excluding hydrogens is 466 g/mol. The van der Waals surface area contributed by atoms with Gasteiger partial charge in [0.05, 0.1) is 24.8 Å². The molecule has 1 heterocycles. The summed E-state index contributed by atoms with van der Waals surface area (Å²) >= 11 is 0. The molecule has 1 unspecified atom stereocenters. The number of amides is 1. The standard InChI is InChI=1S/C31H33NO5/c1-5-17-36-25-11-8-10-22(18-25)29(33)27-28(26-12-7-6-9-21(26)4)32(31(35)30(27)34)23-13-15-24(16-14-23)37-19-20(2)3/h6-16,18,20,28,33H,5,17,19H2,1-4H3/b29-27+. The van der Waals surface area contributed by atoms with E-state index < -0.39 is 17.7 Å². The molecule has 192 valence electrons. The molecule has 1 saturated heterocycles. The topological polar surface area (TPSA) is 76.1 Å². The first-order valence-corrected chi connectivity index (χ1v) is 12.6. The van der Waals surface area contributed by atoms with Crippen LogP contribution in [0.3, 0.4) is 0 Å². The molecule has 37 heavy (non-hydrogen) atoms. The van der Waals surface area contributed by atoms with Gasteiger partial charge in [0.25, 0.3) is 11.7 Å². The summed E-state index contributed by atoms with van der Waals surface area (Å²) in [5.74, 6) is 0.00196. The number of carbonyl (C=O) groups excluding carboxylic acids is 2. The summed E-state index contributed by atoms with van der Waals surface area (Å²) in [6.07, 6.45) is 0.843. The fourth-order valence-corrected chi connectivity index (χ4v) is 4.36. The molecule has 6 nitrogen and oxygen atoms in total. The lowest BCUT2D eigenvalue weighted by Crippen LogP contribution is -2.29. The minimum absolute atomic E-state index is 0.0482. The average molecular weight is 500 g/mol. The van der Waals surface area contributed by atoms with Gasteiger partial charge in [-0.2, -0.15) is 0 Å². The first kappa shape index (κ1) is 26.0. The number of hydrogen-bond donors (Lipinski definition) is 1. The predicted molar refractivity (Wildman–Crippen MR) is 145 cm³/mol. The Balaban J connectivity index is 1.81. The van der Waals surface area contributed by atoms with Gasteiger partial charge in [0.15, 0.2) is 0 Å². The van der Waals surface area contributed by atoms with Crippen LogP contribution in [0.15, 0.2) is 78.4 Å². The number of hydrogen-bond acceptors (Lipinski definition) is 5. The molecular formula is C31H33NO5. The second-order valence-corrected chi connectivity index (χ2v) is 9.60. The van der Waals surface area contributed by atoms with Crippen molar-refractivity contribution in [3.63, 3.8) is 0 Å². The molecule has 1 atom stereocenters. The second kappa shape index (κ2) is 11.3. The molecule has 4 rings (SSSR count). The molecule has 1 aliphatic heterocycles. The van der Waals surface area contributed by atoms with Gasteiger partial charge in [-0.3, -0.25) is 14.5 Å². The molecule has 1 aliphatic rings. The van der Waals surface area contributed by atoms with Gasteiger partial charge in [0.1, 0.15) is 17.3 Å². The van der Waals surface area contributed by atoms with Crippen molar-refractivity contribution in [3.8, 4) is 11.5 Å². The molecule has 0 spiro atoms. The van der Waals surface area contributed by atoms with E-state index in [2.05, 4.69) is 13.8 Å². The Labute approximate surface area is 218 Å². The number of aliphatic hydroxyl groups is 1. The maximum atomic E-state index is 13.4. The van der Waals surface area contributed by atoms with E-state index in [0.29, 0.717) is 41.9 Å². The van der Waals surface area contributed by atoms with Crippen LogP contribution in [0, 0.1) is 12.8 Å². The fourth-order valence-electron chi connectivity index (χ4n) is 4.36. The van der Waals surface area contributed by atoms with Gasteiger partial charge >= 0.3 is 0 Å². The van der Waals surface area contributed by atoms with Gasteiger partial charge in [-0.1, -0.05) is 57.2 Å². The lowest BCUT2D eigenvalue weighted by atomic mass is 9.92. The molecule has 6 heteroatoms. The Kier molecular flexibility index (Phi) is 7.97. The van der Waals surface area contributed by atoms with E-state index in [9.17, 15) is 14.7 Å². The lowest BCUT2D eigenvalue weighted by Gasteiger charge is -2.27. The third-order valence-corrected chi connectivity index (χ3v) is 6.21. The van der Waals surface area contributed by atoms with Gasteiger partial charge in [-0.15, -0.1) is 0 Å². The molecule has 0 aliphatic carbocycles. The summed E-state index contributed by atoms with van der Waals surface area (Å²) < 4.78 is 11.5. The minimum atomic E-state index is -0.788. The van der Waals surface area contributed by atoms with Crippen LogP contribution < -0.4 is 14.4 Å². The van der Waals surface area contributed by atoms with Crippen molar-refractivity contribution in [2.75, 3.05) is 18.1 Å². The Bertz CT molecular complexity index is 1310. The Morgan fingerprint density at radius 1 is 0.946 bits per heavy atom. The summed E-state index contributed by atoms with van der Waals surface area (Å²) in [4.78, 5) is 28.3. The van der Waals surface area contributed by atoms with Crippen molar-refractivity contribution in [1.29, 1.82) is 0 Å². The summed E-state index contributed by atoms with van der Waals surface area (Å²) in [6.45, 7) is 9.19. The van der Waals surface area contributed by atoms with Crippen molar-refractivity contribution < 1.29 is 24.2 Å². The molecule has 0 bridgehead atoms. The van der Waals surface area contributed by atoms with E-state index in [-0.39, 0.29) is 11.3 Å². The minimum Gasteiger partial charge on any atom is -0.507 e. The number of anilines is 1. The number of carbonyl (C=O) groups is 2. The number of benzene rings is 3. The fraction of sp³-hybridized carbons (Fsp3) is 0.290. The average Bonchev–Trinajstić information content (AvgIpc) is 3.16. The Morgan fingerprint density at radius 3 is 2.35 bits per heavy atom. The largest absolute Gasteiger partial charge is 0.507 e. The van der Waals surface area contributed by atoms with E-state index in [1.165, 1.54) is 4.90 Å². The van der Waals surface area contributed by atoms with Crippen molar-refractivity contribution in [1.82, 2.24) is 0 Å². The van der Waals surface area contributed by atoms with Gasteiger partial charge in [-0.25, -0.2) is 0 Å². The number of aryl methyl sites for hydroxylation is 1. The molecule has 0 aromatic heterocycles. The number of aliphatic hydroxyl groups excluding tert-OH is 1. The van der Waals surface area contributed by atoms with Crippen molar-refractivity contribution in [2.24, 2.45) is 5.92 Å². The summed E-state index contributed by atoms with van der Waals surface area (Å²) in [5.41, 5.74) is 2.69. The van der Waals surface area contributed by atoms with Gasteiger partial charge < -0.3 is 14.6 Å². The molecule has 1 amide bonds. The molecule has 0 saturated carbocycles. The monoisotopic (exact) mass is 499 g/mol. The predicted octanol–water partition coefficient (Wildman–Crippen LogP) is 6.44. The first-order chi connectivity index (χ1) is 17.8. The van der Waals surface area contributed by atoms with Crippen LogP contribution in [0.4, 0.5) is 5.69 Å². The van der Waals surface area contributed by atoms with E-state index >= 15 is 0 Å².